The van der Waals surface area contributed by atoms with Crippen LogP contribution in [0.25, 0.3) is 0 Å². The zero-order valence-electron chi connectivity index (χ0n) is 12.5. The summed E-state index contributed by atoms with van der Waals surface area (Å²) in [6, 6.07) is 0.0378. The molecule has 2 aliphatic rings. The van der Waals surface area contributed by atoms with Gasteiger partial charge in [-0.05, 0) is 12.8 Å². The van der Waals surface area contributed by atoms with Crippen LogP contribution in [-0.2, 0) is 9.59 Å². The van der Waals surface area contributed by atoms with Gasteiger partial charge in [0.05, 0.1) is 12.5 Å². The second-order valence-electron chi connectivity index (χ2n) is 6.09. The second kappa shape index (κ2) is 6.54. The van der Waals surface area contributed by atoms with E-state index in [1.807, 2.05) is 4.90 Å². The van der Waals surface area contributed by atoms with Gasteiger partial charge in [0.25, 0.3) is 0 Å². The first-order valence-corrected chi connectivity index (χ1v) is 7.46. The van der Waals surface area contributed by atoms with Gasteiger partial charge in [0.1, 0.15) is 0 Å². The van der Waals surface area contributed by atoms with Gasteiger partial charge < -0.3 is 15.5 Å². The molecule has 6 nitrogen and oxygen atoms in total. The highest BCUT2D eigenvalue weighted by Crippen LogP contribution is 2.26. The lowest BCUT2D eigenvalue weighted by molar-refractivity contribution is -0.138. The summed E-state index contributed by atoms with van der Waals surface area (Å²) < 4.78 is 0. The number of carbonyl (C=O) groups excluding carboxylic acids is 2. The van der Waals surface area contributed by atoms with Crippen molar-refractivity contribution in [1.82, 2.24) is 14.7 Å². The zero-order chi connectivity index (χ0) is 14.7. The molecule has 0 aromatic carbocycles. The summed E-state index contributed by atoms with van der Waals surface area (Å²) in [5.41, 5.74) is 6.00. The van der Waals surface area contributed by atoms with Crippen molar-refractivity contribution < 1.29 is 9.59 Å². The smallest absolute Gasteiger partial charge is 0.236 e. The fourth-order valence-electron chi connectivity index (χ4n) is 2.99. The van der Waals surface area contributed by atoms with Crippen LogP contribution in [0.5, 0.6) is 0 Å². The summed E-state index contributed by atoms with van der Waals surface area (Å²) in [5, 5.41) is 0. The molecule has 1 aliphatic carbocycles. The van der Waals surface area contributed by atoms with Crippen LogP contribution in [0.15, 0.2) is 0 Å². The molecular weight excluding hydrogens is 256 g/mol. The fourth-order valence-corrected chi connectivity index (χ4v) is 2.99. The Morgan fingerprint density at radius 3 is 2.30 bits per heavy atom. The minimum atomic E-state index is 0.0185. The lowest BCUT2D eigenvalue weighted by Crippen LogP contribution is -2.53. The molecule has 0 aromatic rings. The molecule has 0 radical (unpaired) electrons. The Hall–Kier alpha value is -1.14. The van der Waals surface area contributed by atoms with Gasteiger partial charge in [0.15, 0.2) is 0 Å². The molecule has 0 bridgehead atoms. The van der Waals surface area contributed by atoms with Gasteiger partial charge in [-0.3, -0.25) is 14.5 Å². The molecule has 2 rings (SSSR count). The number of likely N-dealkylation sites (N-methyl/N-ethyl adjacent to an activating group) is 1. The molecule has 0 aromatic heterocycles. The zero-order valence-corrected chi connectivity index (χ0v) is 12.5. The first kappa shape index (κ1) is 15.3. The maximum atomic E-state index is 12.4. The minimum absolute atomic E-state index is 0.0185. The molecule has 2 fully saturated rings. The summed E-state index contributed by atoms with van der Waals surface area (Å²) >= 11 is 0. The molecule has 20 heavy (non-hydrogen) atoms. The van der Waals surface area contributed by atoms with Crippen LogP contribution in [0.4, 0.5) is 0 Å². The quantitative estimate of drug-likeness (QED) is 0.746. The van der Waals surface area contributed by atoms with Crippen molar-refractivity contribution in [2.75, 3.05) is 46.8 Å². The highest BCUT2D eigenvalue weighted by Gasteiger charge is 2.34. The molecule has 0 spiro atoms. The Balaban J connectivity index is 1.79. The molecule has 1 heterocycles. The van der Waals surface area contributed by atoms with E-state index in [1.54, 1.807) is 19.0 Å². The van der Waals surface area contributed by atoms with Gasteiger partial charge in [-0.15, -0.1) is 0 Å². The van der Waals surface area contributed by atoms with Crippen molar-refractivity contribution >= 4 is 11.8 Å². The fraction of sp³-hybridized carbons (Fsp3) is 0.857. The number of rotatable bonds is 3. The number of nitrogens with two attached hydrogens (primary N) is 1. The average molecular weight is 282 g/mol. The van der Waals surface area contributed by atoms with E-state index in [2.05, 4.69) is 4.90 Å². The van der Waals surface area contributed by atoms with E-state index in [9.17, 15) is 9.59 Å². The van der Waals surface area contributed by atoms with Crippen LogP contribution in [0.3, 0.4) is 0 Å². The molecular formula is C14H26N4O2. The van der Waals surface area contributed by atoms with E-state index >= 15 is 0 Å². The monoisotopic (exact) mass is 282 g/mol. The number of hydrogen-bond donors (Lipinski definition) is 1. The largest absolute Gasteiger partial charge is 0.348 e. The molecule has 114 valence electrons. The van der Waals surface area contributed by atoms with Crippen LogP contribution < -0.4 is 5.73 Å². The second-order valence-corrected chi connectivity index (χ2v) is 6.09. The van der Waals surface area contributed by atoms with Gasteiger partial charge in [-0.25, -0.2) is 0 Å². The number of hydrogen-bond acceptors (Lipinski definition) is 4. The first-order valence-electron chi connectivity index (χ1n) is 7.46. The Morgan fingerprint density at radius 2 is 1.80 bits per heavy atom. The van der Waals surface area contributed by atoms with E-state index in [4.69, 9.17) is 5.73 Å². The third-order valence-electron chi connectivity index (χ3n) is 4.43. The van der Waals surface area contributed by atoms with Crippen LogP contribution >= 0.6 is 0 Å². The molecule has 2 atom stereocenters. The maximum Gasteiger partial charge on any atom is 0.236 e. The third kappa shape index (κ3) is 3.49. The van der Waals surface area contributed by atoms with Gasteiger partial charge in [0.2, 0.25) is 11.8 Å². The summed E-state index contributed by atoms with van der Waals surface area (Å²) in [4.78, 5) is 29.7. The number of carbonyl (C=O) groups is 2. The number of piperazine rings is 1. The van der Waals surface area contributed by atoms with E-state index in [0.717, 1.165) is 32.4 Å². The summed E-state index contributed by atoms with van der Waals surface area (Å²) in [5.74, 6) is 0.348. The van der Waals surface area contributed by atoms with Gasteiger partial charge in [-0.2, -0.15) is 0 Å². The van der Waals surface area contributed by atoms with Crippen LogP contribution in [0, 0.1) is 5.92 Å². The number of amides is 2. The van der Waals surface area contributed by atoms with E-state index < -0.39 is 0 Å². The molecule has 2 unspecified atom stereocenters. The van der Waals surface area contributed by atoms with Crippen molar-refractivity contribution in [3.05, 3.63) is 0 Å². The van der Waals surface area contributed by atoms with Crippen LogP contribution in [0.2, 0.25) is 0 Å². The Kier molecular flexibility index (Phi) is 4.99. The highest BCUT2D eigenvalue weighted by atomic mass is 16.2. The first-order chi connectivity index (χ1) is 9.49. The van der Waals surface area contributed by atoms with Crippen molar-refractivity contribution in [3.63, 3.8) is 0 Å². The van der Waals surface area contributed by atoms with Gasteiger partial charge in [-0.1, -0.05) is 6.42 Å². The summed E-state index contributed by atoms with van der Waals surface area (Å²) in [7, 11) is 3.53. The Bertz CT molecular complexity index is 364. The lowest BCUT2D eigenvalue weighted by Gasteiger charge is -2.36. The van der Waals surface area contributed by atoms with E-state index in [0.29, 0.717) is 19.6 Å². The normalized spacial score (nSPS) is 27.6. The van der Waals surface area contributed by atoms with Gasteiger partial charge >= 0.3 is 0 Å². The van der Waals surface area contributed by atoms with Crippen LogP contribution in [-0.4, -0.2) is 79.4 Å². The molecule has 1 saturated heterocycles. The minimum Gasteiger partial charge on any atom is -0.348 e. The van der Waals surface area contributed by atoms with Crippen molar-refractivity contribution in [1.29, 1.82) is 0 Å². The molecule has 1 aliphatic heterocycles. The molecule has 2 N–H and O–H groups in total. The topological polar surface area (TPSA) is 69.9 Å². The molecule has 1 saturated carbocycles. The average Bonchev–Trinajstić information content (AvgIpc) is 2.85. The van der Waals surface area contributed by atoms with Gasteiger partial charge in [0, 0.05) is 46.3 Å². The molecule has 2 amide bonds. The Labute approximate surface area is 120 Å². The molecule has 6 heteroatoms. The predicted octanol–water partition coefficient (Wildman–Crippen LogP) is -0.654. The highest BCUT2D eigenvalue weighted by molar-refractivity contribution is 5.80. The maximum absolute atomic E-state index is 12.4. The summed E-state index contributed by atoms with van der Waals surface area (Å²) in [6.07, 6.45) is 2.96. The van der Waals surface area contributed by atoms with Crippen molar-refractivity contribution in [2.24, 2.45) is 11.7 Å². The standard InChI is InChI=1S/C14H26N4O2/c1-16(2)13(19)10-17-6-8-18(9-7-17)14(20)11-4-3-5-12(11)15/h11-12H,3-10,15H2,1-2H3. The Morgan fingerprint density at radius 1 is 1.15 bits per heavy atom. The number of nitrogens with zero attached hydrogens (tertiary/aromatic N) is 3. The lowest BCUT2D eigenvalue weighted by atomic mass is 10.0. The summed E-state index contributed by atoms with van der Waals surface area (Å²) in [6.45, 7) is 3.41. The third-order valence-corrected chi connectivity index (χ3v) is 4.43. The SMILES string of the molecule is CN(C)C(=O)CN1CCN(C(=O)C2CCCC2N)CC1. The van der Waals surface area contributed by atoms with Crippen LogP contribution in [0.1, 0.15) is 19.3 Å². The predicted molar refractivity (Wildman–Crippen MR) is 77.0 cm³/mol. The van der Waals surface area contributed by atoms with E-state index in [1.165, 1.54) is 0 Å². The van der Waals surface area contributed by atoms with Crippen molar-refractivity contribution in [3.8, 4) is 0 Å². The van der Waals surface area contributed by atoms with Crippen molar-refractivity contribution in [2.45, 2.75) is 25.3 Å². The van der Waals surface area contributed by atoms with E-state index in [-0.39, 0.29) is 23.8 Å².